The van der Waals surface area contributed by atoms with Crippen LogP contribution in [0.3, 0.4) is 0 Å². The number of carbonyl (C=O) groups is 1. The van der Waals surface area contributed by atoms with Gasteiger partial charge in [0.15, 0.2) is 0 Å². The Morgan fingerprint density at radius 2 is 1.61 bits per heavy atom. The van der Waals surface area contributed by atoms with E-state index < -0.39 is 15.9 Å². The lowest BCUT2D eigenvalue weighted by atomic mass is 10.1. The van der Waals surface area contributed by atoms with Gasteiger partial charge in [-0.05, 0) is 86.5 Å². The van der Waals surface area contributed by atoms with Crippen LogP contribution >= 0.6 is 11.6 Å². The second-order valence-corrected chi connectivity index (χ2v) is 9.15. The van der Waals surface area contributed by atoms with Crippen molar-refractivity contribution in [2.24, 2.45) is 0 Å². The summed E-state index contributed by atoms with van der Waals surface area (Å²) in [6, 6.07) is 16.2. The molecular weight excluding hydrogens is 436 g/mol. The lowest BCUT2D eigenvalue weighted by Gasteiger charge is -2.15. The number of ether oxygens (including phenoxy) is 1. The molecule has 0 aromatic heterocycles. The van der Waals surface area contributed by atoms with Crippen molar-refractivity contribution in [3.8, 4) is 5.75 Å². The number of benzene rings is 3. The maximum Gasteiger partial charge on any atom is 0.261 e. The molecule has 31 heavy (non-hydrogen) atoms. The zero-order valence-corrected chi connectivity index (χ0v) is 19.0. The van der Waals surface area contributed by atoms with Gasteiger partial charge in [0.25, 0.3) is 15.9 Å². The second kappa shape index (κ2) is 9.41. The maximum atomic E-state index is 13.0. The molecule has 3 rings (SSSR count). The van der Waals surface area contributed by atoms with Crippen LogP contribution in [0, 0.1) is 13.8 Å². The topological polar surface area (TPSA) is 84.5 Å². The lowest BCUT2D eigenvalue weighted by molar-refractivity contribution is 0.102. The number of halogens is 1. The molecule has 0 saturated heterocycles. The summed E-state index contributed by atoms with van der Waals surface area (Å²) in [6.45, 7) is 5.95. The number of rotatable bonds is 7. The predicted molar refractivity (Wildman–Crippen MR) is 124 cm³/mol. The molecular formula is C23H23ClN2O4S. The van der Waals surface area contributed by atoms with Crippen LogP contribution in [-0.4, -0.2) is 20.9 Å². The predicted octanol–water partition coefficient (Wildman–Crippen LogP) is 5.41. The Morgan fingerprint density at radius 3 is 2.23 bits per heavy atom. The second-order valence-electron chi connectivity index (χ2n) is 7.03. The minimum atomic E-state index is -3.88. The summed E-state index contributed by atoms with van der Waals surface area (Å²) in [5.74, 6) is -0.0374. The highest BCUT2D eigenvalue weighted by Gasteiger charge is 2.19. The smallest absolute Gasteiger partial charge is 0.261 e. The Bertz CT molecular complexity index is 1190. The Labute approximate surface area is 187 Å². The van der Waals surface area contributed by atoms with Crippen LogP contribution in [-0.2, 0) is 10.0 Å². The summed E-state index contributed by atoms with van der Waals surface area (Å²) >= 11 is 5.87. The first kappa shape index (κ1) is 22.7. The number of nitrogens with one attached hydrogen (secondary N) is 2. The highest BCUT2D eigenvalue weighted by molar-refractivity contribution is 7.92. The average molecular weight is 459 g/mol. The molecule has 3 aromatic carbocycles. The number of sulfonamides is 1. The fourth-order valence-corrected chi connectivity index (χ4v) is 4.29. The number of hydrogen-bond acceptors (Lipinski definition) is 4. The quantitative estimate of drug-likeness (QED) is 0.495. The standard InChI is InChI=1S/C23H23ClN2O4S/c1-4-30-22-10-9-20(31(28,29)26-19-12-15(2)11-16(3)13-19)14-21(22)25-23(27)17-5-7-18(24)8-6-17/h5-14,26H,4H2,1-3H3,(H,25,27). The third-order valence-corrected chi connectivity index (χ3v) is 6.02. The Morgan fingerprint density at radius 1 is 0.968 bits per heavy atom. The third-order valence-electron chi connectivity index (χ3n) is 4.39. The summed E-state index contributed by atoms with van der Waals surface area (Å²) < 4.78 is 34.1. The van der Waals surface area contributed by atoms with Crippen LogP contribution in [0.15, 0.2) is 65.6 Å². The van der Waals surface area contributed by atoms with Crippen LogP contribution in [0.5, 0.6) is 5.75 Å². The molecule has 0 aliphatic heterocycles. The third kappa shape index (κ3) is 5.77. The fourth-order valence-electron chi connectivity index (χ4n) is 3.10. The molecule has 0 aliphatic rings. The van der Waals surface area contributed by atoms with E-state index in [0.29, 0.717) is 28.6 Å². The van der Waals surface area contributed by atoms with E-state index in [1.165, 1.54) is 18.2 Å². The van der Waals surface area contributed by atoms with E-state index >= 15 is 0 Å². The number of hydrogen-bond donors (Lipinski definition) is 2. The summed E-state index contributed by atoms with van der Waals surface area (Å²) in [5.41, 5.74) is 3.00. The minimum absolute atomic E-state index is 0.00141. The largest absolute Gasteiger partial charge is 0.492 e. The molecule has 0 heterocycles. The van der Waals surface area contributed by atoms with Gasteiger partial charge in [-0.3, -0.25) is 9.52 Å². The van der Waals surface area contributed by atoms with Crippen molar-refractivity contribution < 1.29 is 17.9 Å². The van der Waals surface area contributed by atoms with Gasteiger partial charge in [0.1, 0.15) is 5.75 Å². The molecule has 3 aromatic rings. The number of anilines is 2. The van der Waals surface area contributed by atoms with Gasteiger partial charge in [-0.25, -0.2) is 8.42 Å². The van der Waals surface area contributed by atoms with Gasteiger partial charge >= 0.3 is 0 Å². The molecule has 6 nitrogen and oxygen atoms in total. The molecule has 0 atom stereocenters. The highest BCUT2D eigenvalue weighted by Crippen LogP contribution is 2.30. The molecule has 0 fully saturated rings. The van der Waals surface area contributed by atoms with Gasteiger partial charge in [-0.2, -0.15) is 0 Å². The SMILES string of the molecule is CCOc1ccc(S(=O)(=O)Nc2cc(C)cc(C)c2)cc1NC(=O)c1ccc(Cl)cc1. The Hall–Kier alpha value is -3.03. The highest BCUT2D eigenvalue weighted by atomic mass is 35.5. The zero-order valence-electron chi connectivity index (χ0n) is 17.4. The van der Waals surface area contributed by atoms with Gasteiger partial charge in [-0.15, -0.1) is 0 Å². The number of amides is 1. The summed E-state index contributed by atoms with van der Waals surface area (Å²) in [6.07, 6.45) is 0. The maximum absolute atomic E-state index is 13.0. The van der Waals surface area contributed by atoms with Gasteiger partial charge in [0.2, 0.25) is 0 Å². The van der Waals surface area contributed by atoms with Crippen LogP contribution < -0.4 is 14.8 Å². The van der Waals surface area contributed by atoms with E-state index in [1.807, 2.05) is 19.9 Å². The normalized spacial score (nSPS) is 11.1. The van der Waals surface area contributed by atoms with Gasteiger partial charge in [0.05, 0.1) is 17.2 Å². The van der Waals surface area contributed by atoms with Crippen molar-refractivity contribution in [2.75, 3.05) is 16.6 Å². The number of carbonyl (C=O) groups excluding carboxylic acids is 1. The summed E-state index contributed by atoms with van der Waals surface area (Å²) in [7, 11) is -3.88. The van der Waals surface area contributed by atoms with Crippen molar-refractivity contribution in [2.45, 2.75) is 25.7 Å². The van der Waals surface area contributed by atoms with Gasteiger partial charge in [0, 0.05) is 16.3 Å². The molecule has 0 saturated carbocycles. The molecule has 1 amide bonds. The first-order chi connectivity index (χ1) is 14.7. The van der Waals surface area contributed by atoms with E-state index in [1.54, 1.807) is 43.3 Å². The number of aryl methyl sites for hydroxylation is 2. The van der Waals surface area contributed by atoms with Gasteiger partial charge < -0.3 is 10.1 Å². The van der Waals surface area contributed by atoms with Crippen molar-refractivity contribution >= 4 is 38.9 Å². The van der Waals surface area contributed by atoms with Crippen molar-refractivity contribution in [3.05, 3.63) is 82.4 Å². The molecule has 8 heteroatoms. The Balaban J connectivity index is 1.92. The molecule has 2 N–H and O–H groups in total. The first-order valence-corrected chi connectivity index (χ1v) is 11.5. The molecule has 0 aliphatic carbocycles. The molecule has 0 radical (unpaired) electrons. The van der Waals surface area contributed by atoms with Crippen LogP contribution in [0.25, 0.3) is 0 Å². The van der Waals surface area contributed by atoms with E-state index in [-0.39, 0.29) is 10.6 Å². The monoisotopic (exact) mass is 458 g/mol. The van der Waals surface area contributed by atoms with Crippen molar-refractivity contribution in [1.29, 1.82) is 0 Å². The van der Waals surface area contributed by atoms with Crippen molar-refractivity contribution in [3.63, 3.8) is 0 Å². The molecule has 0 spiro atoms. The van der Waals surface area contributed by atoms with Crippen molar-refractivity contribution in [1.82, 2.24) is 0 Å². The lowest BCUT2D eigenvalue weighted by Crippen LogP contribution is -2.16. The van der Waals surface area contributed by atoms with E-state index in [9.17, 15) is 13.2 Å². The molecule has 0 unspecified atom stereocenters. The van der Waals surface area contributed by atoms with Crippen LogP contribution in [0.1, 0.15) is 28.4 Å². The molecule has 0 bridgehead atoms. The average Bonchev–Trinajstić information content (AvgIpc) is 2.68. The Kier molecular flexibility index (Phi) is 6.87. The summed E-state index contributed by atoms with van der Waals surface area (Å²) in [5, 5.41) is 3.24. The molecule has 162 valence electrons. The van der Waals surface area contributed by atoms with Crippen LogP contribution in [0.2, 0.25) is 5.02 Å². The van der Waals surface area contributed by atoms with E-state index in [0.717, 1.165) is 11.1 Å². The van der Waals surface area contributed by atoms with Gasteiger partial charge in [-0.1, -0.05) is 17.7 Å². The summed E-state index contributed by atoms with van der Waals surface area (Å²) in [4.78, 5) is 12.6. The van der Waals surface area contributed by atoms with Crippen LogP contribution in [0.4, 0.5) is 11.4 Å². The first-order valence-electron chi connectivity index (χ1n) is 9.63. The zero-order chi connectivity index (χ0) is 22.6. The van der Waals surface area contributed by atoms with E-state index in [2.05, 4.69) is 10.0 Å². The van der Waals surface area contributed by atoms with E-state index in [4.69, 9.17) is 16.3 Å². The minimum Gasteiger partial charge on any atom is -0.492 e. The fraction of sp³-hybridized carbons (Fsp3) is 0.174.